The van der Waals surface area contributed by atoms with Gasteiger partial charge in [0.1, 0.15) is 0 Å². The first-order valence-electron chi connectivity index (χ1n) is 7.04. The fourth-order valence-electron chi connectivity index (χ4n) is 2.16. The van der Waals surface area contributed by atoms with Gasteiger partial charge in [0.15, 0.2) is 0 Å². The Morgan fingerprint density at radius 1 is 1.26 bits per heavy atom. The summed E-state index contributed by atoms with van der Waals surface area (Å²) >= 11 is 0. The van der Waals surface area contributed by atoms with Crippen molar-refractivity contribution in [3.63, 3.8) is 0 Å². The molecule has 0 saturated carbocycles. The Bertz CT molecular complexity index is 376. The SMILES string of the molecule is CCCC(C(=O)N(C)CCC(C)O)c1ccccc1. The van der Waals surface area contributed by atoms with Crippen molar-refractivity contribution in [1.82, 2.24) is 4.90 Å². The summed E-state index contributed by atoms with van der Waals surface area (Å²) in [6, 6.07) is 9.94. The van der Waals surface area contributed by atoms with Crippen molar-refractivity contribution in [3.05, 3.63) is 35.9 Å². The van der Waals surface area contributed by atoms with Crippen LogP contribution >= 0.6 is 0 Å². The first-order chi connectivity index (χ1) is 9.06. The van der Waals surface area contributed by atoms with E-state index in [1.807, 2.05) is 37.4 Å². The maximum Gasteiger partial charge on any atom is 0.229 e. The highest BCUT2D eigenvalue weighted by Gasteiger charge is 2.22. The third kappa shape index (κ3) is 5.03. The number of benzene rings is 1. The average molecular weight is 263 g/mol. The Balaban J connectivity index is 2.73. The Labute approximate surface area is 116 Å². The predicted octanol–water partition coefficient (Wildman–Crippen LogP) is 2.80. The molecule has 0 spiro atoms. The van der Waals surface area contributed by atoms with Crippen LogP contribution in [-0.2, 0) is 4.79 Å². The molecule has 1 aromatic rings. The van der Waals surface area contributed by atoms with Gasteiger partial charge in [-0.2, -0.15) is 0 Å². The number of likely N-dealkylation sites (N-methyl/N-ethyl adjacent to an activating group) is 1. The van der Waals surface area contributed by atoms with Crippen LogP contribution in [0.3, 0.4) is 0 Å². The number of aliphatic hydroxyl groups is 1. The van der Waals surface area contributed by atoms with Gasteiger partial charge in [-0.05, 0) is 25.3 Å². The lowest BCUT2D eigenvalue weighted by atomic mass is 9.93. The minimum atomic E-state index is -0.364. The number of aliphatic hydroxyl groups excluding tert-OH is 1. The van der Waals surface area contributed by atoms with Gasteiger partial charge in [-0.25, -0.2) is 0 Å². The van der Waals surface area contributed by atoms with Crippen LogP contribution in [0, 0.1) is 0 Å². The Morgan fingerprint density at radius 3 is 2.42 bits per heavy atom. The highest BCUT2D eigenvalue weighted by molar-refractivity contribution is 5.83. The van der Waals surface area contributed by atoms with E-state index < -0.39 is 0 Å². The van der Waals surface area contributed by atoms with Gasteiger partial charge >= 0.3 is 0 Å². The van der Waals surface area contributed by atoms with Crippen LogP contribution in [0.5, 0.6) is 0 Å². The number of rotatable bonds is 7. The molecule has 0 aromatic heterocycles. The normalized spacial score (nSPS) is 13.9. The summed E-state index contributed by atoms with van der Waals surface area (Å²) in [4.78, 5) is 14.2. The number of nitrogens with zero attached hydrogens (tertiary/aromatic N) is 1. The molecule has 2 atom stereocenters. The van der Waals surface area contributed by atoms with E-state index in [1.165, 1.54) is 0 Å². The van der Waals surface area contributed by atoms with E-state index in [0.717, 1.165) is 18.4 Å². The third-order valence-corrected chi connectivity index (χ3v) is 3.34. The lowest BCUT2D eigenvalue weighted by molar-refractivity contribution is -0.132. The van der Waals surface area contributed by atoms with Crippen molar-refractivity contribution < 1.29 is 9.90 Å². The van der Waals surface area contributed by atoms with Crippen LogP contribution in [0.15, 0.2) is 30.3 Å². The maximum atomic E-state index is 12.5. The molecule has 0 fully saturated rings. The molecule has 0 heterocycles. The second-order valence-corrected chi connectivity index (χ2v) is 5.15. The van der Waals surface area contributed by atoms with Gasteiger partial charge in [0.2, 0.25) is 5.91 Å². The van der Waals surface area contributed by atoms with Crippen LogP contribution in [-0.4, -0.2) is 35.6 Å². The molecule has 3 heteroatoms. The van der Waals surface area contributed by atoms with Gasteiger partial charge in [0.05, 0.1) is 12.0 Å². The Morgan fingerprint density at radius 2 is 1.89 bits per heavy atom. The van der Waals surface area contributed by atoms with Crippen LogP contribution in [0.4, 0.5) is 0 Å². The highest BCUT2D eigenvalue weighted by Crippen LogP contribution is 2.23. The minimum absolute atomic E-state index is 0.0646. The molecule has 0 saturated heterocycles. The predicted molar refractivity (Wildman–Crippen MR) is 78.0 cm³/mol. The van der Waals surface area contributed by atoms with Crippen LogP contribution in [0.25, 0.3) is 0 Å². The fraction of sp³-hybridized carbons (Fsp3) is 0.562. The summed E-state index contributed by atoms with van der Waals surface area (Å²) in [6.45, 7) is 4.45. The number of hydrogen-bond donors (Lipinski definition) is 1. The summed E-state index contributed by atoms with van der Waals surface area (Å²) < 4.78 is 0. The van der Waals surface area contributed by atoms with E-state index in [9.17, 15) is 9.90 Å². The molecule has 0 bridgehead atoms. The summed E-state index contributed by atoms with van der Waals surface area (Å²) in [5.41, 5.74) is 1.08. The molecule has 19 heavy (non-hydrogen) atoms. The lowest BCUT2D eigenvalue weighted by Crippen LogP contribution is -2.33. The van der Waals surface area contributed by atoms with E-state index >= 15 is 0 Å². The van der Waals surface area contributed by atoms with Gasteiger partial charge in [-0.3, -0.25) is 4.79 Å². The van der Waals surface area contributed by atoms with Crippen LogP contribution in [0.2, 0.25) is 0 Å². The molecule has 0 radical (unpaired) electrons. The van der Waals surface area contributed by atoms with E-state index in [-0.39, 0.29) is 17.9 Å². The zero-order valence-corrected chi connectivity index (χ0v) is 12.2. The summed E-state index contributed by atoms with van der Waals surface area (Å²) in [5, 5.41) is 9.30. The van der Waals surface area contributed by atoms with Gasteiger partial charge in [0, 0.05) is 13.6 Å². The van der Waals surface area contributed by atoms with E-state index in [1.54, 1.807) is 11.8 Å². The monoisotopic (exact) mass is 263 g/mol. The Kier molecular flexibility index (Phi) is 6.57. The van der Waals surface area contributed by atoms with Crippen molar-refractivity contribution >= 4 is 5.91 Å². The number of amides is 1. The first-order valence-corrected chi connectivity index (χ1v) is 7.04. The molecule has 1 N–H and O–H groups in total. The van der Waals surface area contributed by atoms with Crippen molar-refractivity contribution in [3.8, 4) is 0 Å². The molecule has 2 unspecified atom stereocenters. The highest BCUT2D eigenvalue weighted by atomic mass is 16.3. The smallest absolute Gasteiger partial charge is 0.229 e. The van der Waals surface area contributed by atoms with Crippen molar-refractivity contribution in [2.45, 2.75) is 45.1 Å². The zero-order valence-electron chi connectivity index (χ0n) is 12.2. The topological polar surface area (TPSA) is 40.5 Å². The number of carbonyl (C=O) groups is 1. The molecule has 106 valence electrons. The largest absolute Gasteiger partial charge is 0.393 e. The summed E-state index contributed by atoms with van der Waals surface area (Å²) in [6.07, 6.45) is 2.10. The van der Waals surface area contributed by atoms with E-state index in [0.29, 0.717) is 13.0 Å². The molecule has 0 aliphatic heterocycles. The maximum absolute atomic E-state index is 12.5. The van der Waals surface area contributed by atoms with Gasteiger partial charge < -0.3 is 10.0 Å². The van der Waals surface area contributed by atoms with Crippen molar-refractivity contribution in [2.75, 3.05) is 13.6 Å². The van der Waals surface area contributed by atoms with Gasteiger partial charge in [-0.15, -0.1) is 0 Å². The number of hydrogen-bond acceptors (Lipinski definition) is 2. The van der Waals surface area contributed by atoms with Crippen LogP contribution < -0.4 is 0 Å². The molecule has 0 aliphatic carbocycles. The molecular formula is C16H25NO2. The zero-order chi connectivity index (χ0) is 14.3. The standard InChI is InChI=1S/C16H25NO2/c1-4-8-15(14-9-6-5-7-10-14)16(19)17(3)12-11-13(2)18/h5-7,9-10,13,15,18H,4,8,11-12H2,1-3H3. The number of carbonyl (C=O) groups excluding carboxylic acids is 1. The molecule has 1 amide bonds. The van der Waals surface area contributed by atoms with Gasteiger partial charge in [-0.1, -0.05) is 43.7 Å². The average Bonchev–Trinajstić information content (AvgIpc) is 2.42. The Hall–Kier alpha value is -1.35. The van der Waals surface area contributed by atoms with Crippen molar-refractivity contribution in [2.24, 2.45) is 0 Å². The van der Waals surface area contributed by atoms with E-state index in [2.05, 4.69) is 6.92 Å². The first kappa shape index (κ1) is 15.7. The van der Waals surface area contributed by atoms with Crippen molar-refractivity contribution in [1.29, 1.82) is 0 Å². The van der Waals surface area contributed by atoms with Crippen LogP contribution in [0.1, 0.15) is 44.6 Å². The molecule has 1 aromatic carbocycles. The summed E-state index contributed by atoms with van der Waals surface area (Å²) in [5.74, 6) is 0.0823. The second kappa shape index (κ2) is 7.95. The molecular weight excluding hydrogens is 238 g/mol. The summed E-state index contributed by atoms with van der Waals surface area (Å²) in [7, 11) is 1.82. The minimum Gasteiger partial charge on any atom is -0.393 e. The second-order valence-electron chi connectivity index (χ2n) is 5.15. The quantitative estimate of drug-likeness (QED) is 0.821. The molecule has 0 aliphatic rings. The molecule has 1 rings (SSSR count). The molecule has 3 nitrogen and oxygen atoms in total. The fourth-order valence-corrected chi connectivity index (χ4v) is 2.16. The third-order valence-electron chi connectivity index (χ3n) is 3.34. The lowest BCUT2D eigenvalue weighted by Gasteiger charge is -2.24. The van der Waals surface area contributed by atoms with E-state index in [4.69, 9.17) is 0 Å². The van der Waals surface area contributed by atoms with Gasteiger partial charge in [0.25, 0.3) is 0 Å².